The van der Waals surface area contributed by atoms with Gasteiger partial charge in [-0.25, -0.2) is 9.18 Å². The second-order valence-corrected chi connectivity index (χ2v) is 7.27. The van der Waals surface area contributed by atoms with E-state index in [-0.39, 0.29) is 11.7 Å². The number of amides is 1. The van der Waals surface area contributed by atoms with Crippen molar-refractivity contribution >= 4 is 11.9 Å². The first-order valence-corrected chi connectivity index (χ1v) is 9.47. The normalized spacial score (nSPS) is 20.3. The highest BCUT2D eigenvalue weighted by Gasteiger charge is 2.46. The van der Waals surface area contributed by atoms with E-state index in [4.69, 9.17) is 9.90 Å². The predicted molar refractivity (Wildman–Crippen MR) is 100.0 cm³/mol. The molecule has 30 heavy (non-hydrogen) atoms. The Labute approximate surface area is 170 Å². The van der Waals surface area contributed by atoms with Gasteiger partial charge in [0.05, 0.1) is 5.69 Å². The van der Waals surface area contributed by atoms with Gasteiger partial charge in [0.2, 0.25) is 5.91 Å². The average Bonchev–Trinajstić information content (AvgIpc) is 3.32. The van der Waals surface area contributed by atoms with Gasteiger partial charge in [-0.15, -0.1) is 0 Å². The molecule has 2 fully saturated rings. The number of carbonyl (C=O) groups excluding carboxylic acids is 1. The number of hydrogen-bond acceptors (Lipinski definition) is 3. The molecule has 160 valence electrons. The van der Waals surface area contributed by atoms with E-state index in [2.05, 4.69) is 4.98 Å². The zero-order chi connectivity index (χ0) is 21.9. The van der Waals surface area contributed by atoms with Crippen LogP contribution in [0.2, 0.25) is 0 Å². The Morgan fingerprint density at radius 3 is 2.13 bits per heavy atom. The summed E-state index contributed by atoms with van der Waals surface area (Å²) < 4.78 is 44.7. The number of benzene rings is 1. The van der Waals surface area contributed by atoms with Gasteiger partial charge in [0.1, 0.15) is 5.82 Å². The number of nitrogens with zero attached hydrogens (tertiary/aromatic N) is 2. The van der Waals surface area contributed by atoms with Gasteiger partial charge >= 0.3 is 12.1 Å². The van der Waals surface area contributed by atoms with Crippen LogP contribution in [0, 0.1) is 11.7 Å². The van der Waals surface area contributed by atoms with Gasteiger partial charge < -0.3 is 10.0 Å². The van der Waals surface area contributed by atoms with Crippen molar-refractivity contribution in [3.63, 3.8) is 0 Å². The van der Waals surface area contributed by atoms with E-state index < -0.39 is 12.1 Å². The Morgan fingerprint density at radius 2 is 1.63 bits per heavy atom. The first-order valence-electron chi connectivity index (χ1n) is 9.47. The Balaban J connectivity index is 0.000000318. The van der Waals surface area contributed by atoms with E-state index in [0.29, 0.717) is 11.8 Å². The molecule has 1 aliphatic heterocycles. The van der Waals surface area contributed by atoms with Crippen LogP contribution in [-0.4, -0.2) is 46.1 Å². The van der Waals surface area contributed by atoms with Crippen LogP contribution in [0.1, 0.15) is 30.7 Å². The van der Waals surface area contributed by atoms with Gasteiger partial charge in [-0.3, -0.25) is 9.78 Å². The molecule has 1 saturated heterocycles. The van der Waals surface area contributed by atoms with E-state index in [0.717, 1.165) is 49.2 Å². The van der Waals surface area contributed by atoms with Crippen molar-refractivity contribution in [1.29, 1.82) is 0 Å². The molecular weight excluding hydrogens is 404 g/mol. The molecule has 1 saturated carbocycles. The van der Waals surface area contributed by atoms with E-state index in [1.54, 1.807) is 12.1 Å². The lowest BCUT2D eigenvalue weighted by Gasteiger charge is -2.14. The fourth-order valence-electron chi connectivity index (χ4n) is 3.42. The molecule has 2 aliphatic rings. The zero-order valence-corrected chi connectivity index (χ0v) is 15.9. The third-order valence-corrected chi connectivity index (χ3v) is 5.12. The van der Waals surface area contributed by atoms with E-state index in [1.807, 2.05) is 23.2 Å². The molecule has 1 N–H and O–H groups in total. The summed E-state index contributed by atoms with van der Waals surface area (Å²) >= 11 is 0. The van der Waals surface area contributed by atoms with E-state index in [1.165, 1.54) is 12.1 Å². The number of aromatic nitrogens is 1. The SMILES string of the molecule is O=C(C1CC1c1ccc(-c2ccc(F)cc2)nc1)N1CCCC1.O=C(O)C(F)(F)F. The predicted octanol–water partition coefficient (Wildman–Crippen LogP) is 4.25. The number of hydrogen-bond donors (Lipinski definition) is 1. The molecule has 1 amide bonds. The number of aliphatic carboxylic acids is 1. The summed E-state index contributed by atoms with van der Waals surface area (Å²) in [6.45, 7) is 1.84. The van der Waals surface area contributed by atoms with Crippen LogP contribution in [0.25, 0.3) is 11.3 Å². The van der Waals surface area contributed by atoms with Crippen molar-refractivity contribution in [2.24, 2.45) is 5.92 Å². The largest absolute Gasteiger partial charge is 0.490 e. The second kappa shape index (κ2) is 8.81. The molecule has 1 aromatic carbocycles. The first kappa shape index (κ1) is 21.7. The maximum atomic E-state index is 13.0. The van der Waals surface area contributed by atoms with Gasteiger partial charge in [-0.2, -0.15) is 13.2 Å². The maximum Gasteiger partial charge on any atom is 0.490 e. The van der Waals surface area contributed by atoms with E-state index >= 15 is 0 Å². The van der Waals surface area contributed by atoms with Gasteiger partial charge in [-0.05, 0) is 61.1 Å². The highest BCUT2D eigenvalue weighted by atomic mass is 19.4. The Kier molecular flexibility index (Phi) is 6.38. The number of carboxylic acid groups (broad SMARTS) is 1. The molecule has 0 spiro atoms. The maximum absolute atomic E-state index is 13.0. The number of rotatable bonds is 3. The number of carbonyl (C=O) groups is 2. The molecule has 5 nitrogen and oxygen atoms in total. The van der Waals surface area contributed by atoms with Crippen LogP contribution in [0.15, 0.2) is 42.6 Å². The van der Waals surface area contributed by atoms with Gasteiger partial charge in [0.25, 0.3) is 0 Å². The Hall–Kier alpha value is -2.97. The lowest BCUT2D eigenvalue weighted by Crippen LogP contribution is -2.29. The first-order chi connectivity index (χ1) is 14.2. The van der Waals surface area contributed by atoms with Crippen molar-refractivity contribution in [2.75, 3.05) is 13.1 Å². The summed E-state index contributed by atoms with van der Waals surface area (Å²) in [4.78, 5) is 27.8. The van der Waals surface area contributed by atoms with Crippen LogP contribution < -0.4 is 0 Å². The van der Waals surface area contributed by atoms with Crippen LogP contribution in [-0.2, 0) is 9.59 Å². The molecule has 2 atom stereocenters. The van der Waals surface area contributed by atoms with Crippen LogP contribution in [0.4, 0.5) is 17.6 Å². The summed E-state index contributed by atoms with van der Waals surface area (Å²) in [5.41, 5.74) is 2.86. The highest BCUT2D eigenvalue weighted by Crippen LogP contribution is 2.48. The van der Waals surface area contributed by atoms with Crippen molar-refractivity contribution in [3.8, 4) is 11.3 Å². The van der Waals surface area contributed by atoms with Crippen LogP contribution >= 0.6 is 0 Å². The minimum atomic E-state index is -5.08. The third kappa shape index (κ3) is 5.34. The standard InChI is InChI=1S/C19H19FN2O.C2HF3O2/c20-15-6-3-13(4-7-15)18-8-5-14(12-21-18)16-11-17(16)19(23)22-9-1-2-10-22;3-2(4,5)1(6)7/h3-8,12,16-17H,1-2,9-11H2;(H,6,7). The lowest BCUT2D eigenvalue weighted by atomic mass is 10.1. The smallest absolute Gasteiger partial charge is 0.475 e. The topological polar surface area (TPSA) is 70.5 Å². The number of alkyl halides is 3. The Bertz CT molecular complexity index is 892. The minimum absolute atomic E-state index is 0.145. The number of likely N-dealkylation sites (tertiary alicyclic amines) is 1. The fraction of sp³-hybridized carbons (Fsp3) is 0.381. The van der Waals surface area contributed by atoms with Crippen molar-refractivity contribution in [3.05, 3.63) is 54.0 Å². The van der Waals surface area contributed by atoms with Crippen molar-refractivity contribution < 1.29 is 32.3 Å². The third-order valence-electron chi connectivity index (χ3n) is 5.12. The minimum Gasteiger partial charge on any atom is -0.475 e. The average molecular weight is 424 g/mol. The van der Waals surface area contributed by atoms with Crippen LogP contribution in [0.3, 0.4) is 0 Å². The monoisotopic (exact) mass is 424 g/mol. The molecule has 2 aromatic rings. The molecule has 2 heterocycles. The number of halogens is 4. The Morgan fingerprint density at radius 1 is 1.03 bits per heavy atom. The molecule has 0 radical (unpaired) electrons. The molecule has 0 bridgehead atoms. The van der Waals surface area contributed by atoms with Crippen LogP contribution in [0.5, 0.6) is 0 Å². The molecule has 9 heteroatoms. The van der Waals surface area contributed by atoms with Gasteiger partial charge in [0.15, 0.2) is 0 Å². The molecule has 1 aliphatic carbocycles. The second-order valence-electron chi connectivity index (χ2n) is 7.27. The van der Waals surface area contributed by atoms with Crippen molar-refractivity contribution in [1.82, 2.24) is 9.88 Å². The molecular formula is C21H20F4N2O3. The number of carboxylic acids is 1. The molecule has 1 aromatic heterocycles. The quantitative estimate of drug-likeness (QED) is 0.748. The van der Waals surface area contributed by atoms with Crippen molar-refractivity contribution in [2.45, 2.75) is 31.4 Å². The molecule has 2 unspecified atom stereocenters. The summed E-state index contributed by atoms with van der Waals surface area (Å²) in [7, 11) is 0. The fourth-order valence-corrected chi connectivity index (χ4v) is 3.42. The highest BCUT2D eigenvalue weighted by molar-refractivity contribution is 5.83. The van der Waals surface area contributed by atoms with Gasteiger partial charge in [0, 0.05) is 30.8 Å². The lowest BCUT2D eigenvalue weighted by molar-refractivity contribution is -0.192. The summed E-state index contributed by atoms with van der Waals surface area (Å²) in [6.07, 6.45) is -0.0123. The van der Waals surface area contributed by atoms with E-state index in [9.17, 15) is 22.4 Å². The molecule has 4 rings (SSSR count). The summed E-state index contributed by atoms with van der Waals surface area (Å²) in [5, 5.41) is 7.12. The van der Waals surface area contributed by atoms with Gasteiger partial charge in [-0.1, -0.05) is 6.07 Å². The number of pyridine rings is 1. The summed E-state index contributed by atoms with van der Waals surface area (Å²) in [6, 6.07) is 10.3. The zero-order valence-electron chi connectivity index (χ0n) is 15.9. The summed E-state index contributed by atoms with van der Waals surface area (Å²) in [5.74, 6) is -2.22.